The predicted octanol–water partition coefficient (Wildman–Crippen LogP) is 4.04. The van der Waals surface area contributed by atoms with Crippen molar-refractivity contribution in [3.05, 3.63) is 59.2 Å². The average molecular weight is 403 g/mol. The summed E-state index contributed by atoms with van der Waals surface area (Å²) in [7, 11) is 0. The molecule has 1 aliphatic heterocycles. The molecule has 2 aromatic rings. The molecule has 3 rings (SSSR count). The van der Waals surface area contributed by atoms with Crippen LogP contribution >= 0.6 is 0 Å². The van der Waals surface area contributed by atoms with Gasteiger partial charge in [0.15, 0.2) is 0 Å². The number of ether oxygens (including phenoxy) is 1. The first-order valence-corrected chi connectivity index (χ1v) is 9.07. The van der Waals surface area contributed by atoms with Gasteiger partial charge < -0.3 is 15.0 Å². The maximum absolute atomic E-state index is 12.8. The summed E-state index contributed by atoms with van der Waals surface area (Å²) in [6.07, 6.45) is -4.60. The smallest absolute Gasteiger partial charge is 0.416 e. The van der Waals surface area contributed by atoms with E-state index < -0.39 is 11.7 Å². The van der Waals surface area contributed by atoms with Gasteiger partial charge in [-0.05, 0) is 42.8 Å². The third-order valence-electron chi connectivity index (χ3n) is 4.74. The molecule has 0 spiro atoms. The van der Waals surface area contributed by atoms with Crippen molar-refractivity contribution in [1.29, 1.82) is 5.26 Å². The van der Waals surface area contributed by atoms with E-state index in [1.807, 2.05) is 42.2 Å². The van der Waals surface area contributed by atoms with Crippen molar-refractivity contribution in [3.63, 3.8) is 0 Å². The van der Waals surface area contributed by atoms with Crippen molar-refractivity contribution in [1.82, 2.24) is 5.32 Å². The Morgan fingerprint density at radius 1 is 1.24 bits per heavy atom. The summed E-state index contributed by atoms with van der Waals surface area (Å²) in [5.41, 5.74) is 0.584. The molecule has 0 unspecified atom stereocenters. The molecule has 5 nitrogen and oxygen atoms in total. The number of alkyl halides is 3. The minimum absolute atomic E-state index is 0.00501. The first-order chi connectivity index (χ1) is 13.7. The average Bonchev–Trinajstić information content (AvgIpc) is 2.63. The van der Waals surface area contributed by atoms with Crippen LogP contribution in [0.1, 0.15) is 36.6 Å². The number of nitrogens with zero attached hydrogens (tertiary/aromatic N) is 2. The molecule has 1 saturated heterocycles. The largest absolute Gasteiger partial charge is 0.487 e. The second-order valence-corrected chi connectivity index (χ2v) is 6.98. The van der Waals surface area contributed by atoms with Crippen molar-refractivity contribution in [2.45, 2.75) is 32.2 Å². The van der Waals surface area contributed by atoms with E-state index in [1.54, 1.807) is 0 Å². The molecule has 0 aromatic heterocycles. The van der Waals surface area contributed by atoms with Crippen LogP contribution in [0.3, 0.4) is 0 Å². The van der Waals surface area contributed by atoms with Gasteiger partial charge in [0.25, 0.3) is 0 Å². The third kappa shape index (κ3) is 4.80. The normalized spacial score (nSPS) is 15.2. The monoisotopic (exact) mass is 403 g/mol. The molecule has 1 atom stereocenters. The number of nitriles is 1. The van der Waals surface area contributed by atoms with Gasteiger partial charge in [0, 0.05) is 6.92 Å². The highest BCUT2D eigenvalue weighted by Crippen LogP contribution is 2.34. The van der Waals surface area contributed by atoms with Gasteiger partial charge in [-0.25, -0.2) is 0 Å². The zero-order chi connectivity index (χ0) is 21.2. The van der Waals surface area contributed by atoms with Crippen LogP contribution in [0.2, 0.25) is 0 Å². The van der Waals surface area contributed by atoms with E-state index in [4.69, 9.17) is 4.74 Å². The lowest BCUT2D eigenvalue weighted by atomic mass is 10.0. The summed E-state index contributed by atoms with van der Waals surface area (Å²) in [4.78, 5) is 12.9. The Kier molecular flexibility index (Phi) is 5.69. The fourth-order valence-corrected chi connectivity index (χ4v) is 3.20. The molecule has 1 amide bonds. The standard InChI is InChI=1S/C21H20F3N3O2/c1-13(26-14(2)28)15-3-6-18(7-4-15)29-19-11-27(12-19)20-8-5-17(21(22,23)24)9-16(20)10-25/h3-9,13,19H,11-12H2,1-2H3,(H,26,28)/t13-/m0/s1. The van der Waals surface area contributed by atoms with Crippen LogP contribution in [-0.2, 0) is 11.0 Å². The zero-order valence-electron chi connectivity index (χ0n) is 16.0. The minimum atomic E-state index is -4.48. The number of nitrogens with one attached hydrogen (secondary N) is 1. The first kappa shape index (κ1) is 20.5. The van der Waals surface area contributed by atoms with Crippen LogP contribution in [0.25, 0.3) is 0 Å². The SMILES string of the molecule is CC(=O)N[C@@H](C)c1ccc(OC2CN(c3ccc(C(F)(F)F)cc3C#N)C2)cc1. The number of hydrogen-bond donors (Lipinski definition) is 1. The summed E-state index contributed by atoms with van der Waals surface area (Å²) >= 11 is 0. The van der Waals surface area contributed by atoms with Gasteiger partial charge in [-0.15, -0.1) is 0 Å². The second-order valence-electron chi connectivity index (χ2n) is 6.98. The summed E-state index contributed by atoms with van der Waals surface area (Å²) < 4.78 is 44.3. The molecule has 29 heavy (non-hydrogen) atoms. The third-order valence-corrected chi connectivity index (χ3v) is 4.74. The summed E-state index contributed by atoms with van der Waals surface area (Å²) in [5.74, 6) is 0.564. The number of anilines is 1. The van der Waals surface area contributed by atoms with Crippen LogP contribution in [0.15, 0.2) is 42.5 Å². The maximum atomic E-state index is 12.8. The van der Waals surface area contributed by atoms with Crippen molar-refractivity contribution < 1.29 is 22.7 Å². The van der Waals surface area contributed by atoms with Crippen LogP contribution < -0.4 is 15.0 Å². The van der Waals surface area contributed by atoms with Gasteiger partial charge in [0.1, 0.15) is 17.9 Å². The Hall–Kier alpha value is -3.21. The lowest BCUT2D eigenvalue weighted by Crippen LogP contribution is -2.54. The predicted molar refractivity (Wildman–Crippen MR) is 101 cm³/mol. The van der Waals surface area contributed by atoms with Gasteiger partial charge in [0.05, 0.1) is 35.9 Å². The summed E-state index contributed by atoms with van der Waals surface area (Å²) in [6.45, 7) is 4.30. The van der Waals surface area contributed by atoms with Crippen molar-refractivity contribution in [2.24, 2.45) is 0 Å². The first-order valence-electron chi connectivity index (χ1n) is 9.07. The highest BCUT2D eigenvalue weighted by molar-refractivity contribution is 5.73. The summed E-state index contributed by atoms with van der Waals surface area (Å²) in [5, 5.41) is 12.0. The molecule has 152 valence electrons. The molecule has 8 heteroatoms. The van der Waals surface area contributed by atoms with Crippen LogP contribution in [0.4, 0.5) is 18.9 Å². The van der Waals surface area contributed by atoms with Crippen molar-refractivity contribution in [3.8, 4) is 11.8 Å². The van der Waals surface area contributed by atoms with E-state index in [1.165, 1.54) is 13.0 Å². The fourth-order valence-electron chi connectivity index (χ4n) is 3.20. The Labute approximate surface area is 166 Å². The zero-order valence-corrected chi connectivity index (χ0v) is 16.0. The van der Waals surface area contributed by atoms with Crippen molar-refractivity contribution >= 4 is 11.6 Å². The van der Waals surface area contributed by atoms with Gasteiger partial charge in [-0.1, -0.05) is 12.1 Å². The molecule has 1 fully saturated rings. The summed E-state index contributed by atoms with van der Waals surface area (Å²) in [6, 6.07) is 12.3. The molecule has 1 aliphatic rings. The number of carbonyl (C=O) groups is 1. The number of halogens is 3. The van der Waals surface area contributed by atoms with Crippen LogP contribution in [0.5, 0.6) is 5.75 Å². The minimum Gasteiger partial charge on any atom is -0.487 e. The quantitative estimate of drug-likeness (QED) is 0.818. The molecule has 0 saturated carbocycles. The second kappa shape index (κ2) is 8.03. The molecule has 0 radical (unpaired) electrons. The van der Waals surface area contributed by atoms with Gasteiger partial charge in [-0.3, -0.25) is 4.79 Å². The van der Waals surface area contributed by atoms with E-state index >= 15 is 0 Å². The Morgan fingerprint density at radius 2 is 1.90 bits per heavy atom. The molecular weight excluding hydrogens is 383 g/mol. The number of benzene rings is 2. The van der Waals surface area contributed by atoms with Gasteiger partial charge in [0.2, 0.25) is 5.91 Å². The topological polar surface area (TPSA) is 65.4 Å². The van der Waals surface area contributed by atoms with E-state index in [0.29, 0.717) is 24.5 Å². The van der Waals surface area contributed by atoms with E-state index in [0.717, 1.165) is 17.7 Å². The lowest BCUT2D eigenvalue weighted by molar-refractivity contribution is -0.137. The molecule has 0 aliphatic carbocycles. The van der Waals surface area contributed by atoms with Crippen LogP contribution in [0, 0.1) is 11.3 Å². The Balaban J connectivity index is 1.59. The fraction of sp³-hybridized carbons (Fsp3) is 0.333. The molecular formula is C21H20F3N3O2. The van der Waals surface area contributed by atoms with Gasteiger partial charge in [-0.2, -0.15) is 18.4 Å². The maximum Gasteiger partial charge on any atom is 0.416 e. The molecule has 1 N–H and O–H groups in total. The van der Waals surface area contributed by atoms with E-state index in [-0.39, 0.29) is 23.6 Å². The number of hydrogen-bond acceptors (Lipinski definition) is 4. The highest BCUT2D eigenvalue weighted by atomic mass is 19.4. The van der Waals surface area contributed by atoms with Gasteiger partial charge >= 0.3 is 6.18 Å². The van der Waals surface area contributed by atoms with Crippen LogP contribution in [-0.4, -0.2) is 25.1 Å². The Bertz CT molecular complexity index is 930. The number of carbonyl (C=O) groups excluding carboxylic acids is 1. The molecule has 0 bridgehead atoms. The Morgan fingerprint density at radius 3 is 2.45 bits per heavy atom. The molecule has 1 heterocycles. The van der Waals surface area contributed by atoms with Crippen molar-refractivity contribution in [2.75, 3.05) is 18.0 Å². The number of amides is 1. The number of rotatable bonds is 5. The molecule has 2 aromatic carbocycles. The highest BCUT2D eigenvalue weighted by Gasteiger charge is 2.34. The lowest BCUT2D eigenvalue weighted by Gasteiger charge is -2.41. The van der Waals surface area contributed by atoms with E-state index in [2.05, 4.69) is 5.32 Å². The van der Waals surface area contributed by atoms with E-state index in [9.17, 15) is 23.2 Å².